The molecule has 130 valence electrons. The lowest BCUT2D eigenvalue weighted by molar-refractivity contribution is 0.561. The van der Waals surface area contributed by atoms with Gasteiger partial charge in [0.15, 0.2) is 0 Å². The van der Waals surface area contributed by atoms with Gasteiger partial charge < -0.3 is 5.73 Å². The fourth-order valence-electron chi connectivity index (χ4n) is 2.78. The Morgan fingerprint density at radius 3 is 1.27 bits per heavy atom. The Morgan fingerprint density at radius 1 is 0.500 bits per heavy atom. The van der Waals surface area contributed by atoms with E-state index in [2.05, 4.69) is 18.7 Å². The van der Waals surface area contributed by atoms with Crippen LogP contribution in [0.1, 0.15) is 103 Å². The summed E-state index contributed by atoms with van der Waals surface area (Å²) in [4.78, 5) is 0. The predicted octanol–water partition coefficient (Wildman–Crippen LogP) is 6.93. The zero-order valence-electron chi connectivity index (χ0n) is 15.0. The molecule has 0 fully saturated rings. The van der Waals surface area contributed by atoms with Crippen molar-refractivity contribution in [2.75, 3.05) is 6.54 Å². The molecule has 0 saturated heterocycles. The topological polar surface area (TPSA) is 26.0 Å². The Bertz CT molecular complexity index is 232. The van der Waals surface area contributed by atoms with Gasteiger partial charge in [-0.25, -0.2) is 0 Å². The van der Waals surface area contributed by atoms with Crippen LogP contribution in [0.15, 0.2) is 24.8 Å². The Balaban J connectivity index is 3.03. The standard InChI is InChI=1S/C21H41N/c1-2-3-4-5-6-7-8-9-10-11-12-13-14-15-16-17-18-19-20-21-22/h2,9-10H,1,3-8,11-22H2. The zero-order valence-corrected chi connectivity index (χ0v) is 15.0. The van der Waals surface area contributed by atoms with Gasteiger partial charge in [0.1, 0.15) is 0 Å². The van der Waals surface area contributed by atoms with E-state index >= 15 is 0 Å². The quantitative estimate of drug-likeness (QED) is 0.216. The van der Waals surface area contributed by atoms with Crippen LogP contribution < -0.4 is 5.73 Å². The van der Waals surface area contributed by atoms with E-state index < -0.39 is 0 Å². The van der Waals surface area contributed by atoms with E-state index in [4.69, 9.17) is 5.73 Å². The summed E-state index contributed by atoms with van der Waals surface area (Å²) in [7, 11) is 0. The molecule has 0 bridgehead atoms. The van der Waals surface area contributed by atoms with Gasteiger partial charge in [0.25, 0.3) is 0 Å². The zero-order chi connectivity index (χ0) is 16.1. The van der Waals surface area contributed by atoms with Crippen molar-refractivity contribution in [3.63, 3.8) is 0 Å². The fraction of sp³-hybridized carbons (Fsp3) is 0.810. The first-order valence-corrected chi connectivity index (χ1v) is 9.87. The number of hydrogen-bond donors (Lipinski definition) is 1. The third-order valence-electron chi connectivity index (χ3n) is 4.27. The molecule has 0 rings (SSSR count). The molecule has 0 amide bonds. The maximum absolute atomic E-state index is 5.49. The second-order valence-corrected chi connectivity index (χ2v) is 6.51. The summed E-state index contributed by atoms with van der Waals surface area (Å²) in [6, 6.07) is 0. The minimum absolute atomic E-state index is 0.864. The minimum atomic E-state index is 0.864. The molecule has 0 unspecified atom stereocenters. The largest absolute Gasteiger partial charge is 0.330 e. The van der Waals surface area contributed by atoms with Gasteiger partial charge in [-0.05, 0) is 51.5 Å². The lowest BCUT2D eigenvalue weighted by atomic mass is 10.1. The summed E-state index contributed by atoms with van der Waals surface area (Å²) in [6.07, 6.45) is 28.4. The number of hydrogen-bond acceptors (Lipinski definition) is 1. The number of rotatable bonds is 18. The third-order valence-corrected chi connectivity index (χ3v) is 4.27. The van der Waals surface area contributed by atoms with Crippen LogP contribution in [0.4, 0.5) is 0 Å². The van der Waals surface area contributed by atoms with Crippen molar-refractivity contribution in [3.05, 3.63) is 24.8 Å². The first-order chi connectivity index (χ1) is 10.9. The highest BCUT2D eigenvalue weighted by Gasteiger charge is 1.92. The smallest absolute Gasteiger partial charge is 0.00773 e. The van der Waals surface area contributed by atoms with Gasteiger partial charge in [0.05, 0.1) is 0 Å². The number of nitrogens with two attached hydrogens (primary N) is 1. The van der Waals surface area contributed by atoms with Gasteiger partial charge in [-0.15, -0.1) is 6.58 Å². The van der Waals surface area contributed by atoms with Crippen LogP contribution in [0, 0.1) is 0 Å². The van der Waals surface area contributed by atoms with Crippen LogP contribution in [-0.4, -0.2) is 6.54 Å². The summed E-state index contributed by atoms with van der Waals surface area (Å²) in [6.45, 7) is 4.62. The summed E-state index contributed by atoms with van der Waals surface area (Å²) < 4.78 is 0. The molecule has 0 spiro atoms. The molecule has 0 aromatic carbocycles. The fourth-order valence-corrected chi connectivity index (χ4v) is 2.78. The van der Waals surface area contributed by atoms with Crippen molar-refractivity contribution in [1.82, 2.24) is 0 Å². The normalized spacial score (nSPS) is 11.3. The average Bonchev–Trinajstić information content (AvgIpc) is 2.54. The van der Waals surface area contributed by atoms with Crippen LogP contribution in [0.5, 0.6) is 0 Å². The molecule has 0 atom stereocenters. The number of allylic oxidation sites excluding steroid dienone is 3. The molecular formula is C21H41N. The average molecular weight is 308 g/mol. The summed E-state index contributed by atoms with van der Waals surface area (Å²) >= 11 is 0. The van der Waals surface area contributed by atoms with E-state index in [1.165, 1.54) is 103 Å². The van der Waals surface area contributed by atoms with Gasteiger partial charge in [-0.2, -0.15) is 0 Å². The van der Waals surface area contributed by atoms with Crippen LogP contribution in [0.3, 0.4) is 0 Å². The molecule has 0 aliphatic rings. The van der Waals surface area contributed by atoms with E-state index in [9.17, 15) is 0 Å². The van der Waals surface area contributed by atoms with E-state index in [0.717, 1.165) is 6.54 Å². The van der Waals surface area contributed by atoms with E-state index in [-0.39, 0.29) is 0 Å². The SMILES string of the molecule is C=CCCCCCCC=CCCCCCCCCCCCN. The molecule has 0 aromatic rings. The summed E-state index contributed by atoms with van der Waals surface area (Å²) in [5.74, 6) is 0. The van der Waals surface area contributed by atoms with Crippen LogP contribution >= 0.6 is 0 Å². The Hall–Kier alpha value is -0.560. The van der Waals surface area contributed by atoms with Crippen molar-refractivity contribution in [1.29, 1.82) is 0 Å². The van der Waals surface area contributed by atoms with Crippen LogP contribution in [0.25, 0.3) is 0 Å². The Morgan fingerprint density at radius 2 is 0.864 bits per heavy atom. The maximum atomic E-state index is 5.49. The number of unbranched alkanes of at least 4 members (excludes halogenated alkanes) is 14. The van der Waals surface area contributed by atoms with Crippen molar-refractivity contribution < 1.29 is 0 Å². The van der Waals surface area contributed by atoms with Gasteiger partial charge in [0.2, 0.25) is 0 Å². The lowest BCUT2D eigenvalue weighted by Crippen LogP contribution is -1.97. The Kier molecular flexibility index (Phi) is 19.9. The Labute approximate surface area is 140 Å². The van der Waals surface area contributed by atoms with Crippen molar-refractivity contribution in [2.24, 2.45) is 5.73 Å². The van der Waals surface area contributed by atoms with E-state index in [1.807, 2.05) is 6.08 Å². The molecule has 0 aliphatic carbocycles. The molecule has 0 radical (unpaired) electrons. The van der Waals surface area contributed by atoms with Gasteiger partial charge in [0, 0.05) is 0 Å². The molecular weight excluding hydrogens is 266 g/mol. The highest BCUT2D eigenvalue weighted by Crippen LogP contribution is 2.11. The van der Waals surface area contributed by atoms with E-state index in [0.29, 0.717) is 0 Å². The van der Waals surface area contributed by atoms with Crippen LogP contribution in [0.2, 0.25) is 0 Å². The van der Waals surface area contributed by atoms with Gasteiger partial charge >= 0.3 is 0 Å². The predicted molar refractivity (Wildman–Crippen MR) is 102 cm³/mol. The van der Waals surface area contributed by atoms with Crippen molar-refractivity contribution >= 4 is 0 Å². The van der Waals surface area contributed by atoms with E-state index in [1.54, 1.807) is 0 Å². The van der Waals surface area contributed by atoms with Gasteiger partial charge in [-0.1, -0.05) is 76.0 Å². The molecule has 22 heavy (non-hydrogen) atoms. The minimum Gasteiger partial charge on any atom is -0.330 e. The van der Waals surface area contributed by atoms with Crippen molar-refractivity contribution in [3.8, 4) is 0 Å². The second-order valence-electron chi connectivity index (χ2n) is 6.51. The first kappa shape index (κ1) is 21.4. The van der Waals surface area contributed by atoms with Gasteiger partial charge in [-0.3, -0.25) is 0 Å². The molecule has 0 aromatic heterocycles. The molecule has 0 aliphatic heterocycles. The van der Waals surface area contributed by atoms with Crippen LogP contribution in [-0.2, 0) is 0 Å². The molecule has 2 N–H and O–H groups in total. The summed E-state index contributed by atoms with van der Waals surface area (Å²) in [5.41, 5.74) is 5.49. The highest BCUT2D eigenvalue weighted by atomic mass is 14.5. The monoisotopic (exact) mass is 307 g/mol. The lowest BCUT2D eigenvalue weighted by Gasteiger charge is -2.01. The highest BCUT2D eigenvalue weighted by molar-refractivity contribution is 4.81. The summed E-state index contributed by atoms with van der Waals surface area (Å²) in [5, 5.41) is 0. The second kappa shape index (κ2) is 20.4. The molecule has 1 heteroatoms. The first-order valence-electron chi connectivity index (χ1n) is 9.87. The molecule has 1 nitrogen and oxygen atoms in total. The van der Waals surface area contributed by atoms with Crippen molar-refractivity contribution in [2.45, 2.75) is 103 Å². The molecule has 0 saturated carbocycles. The molecule has 0 heterocycles. The third kappa shape index (κ3) is 19.4. The maximum Gasteiger partial charge on any atom is -0.00773 e.